The monoisotopic (exact) mass is 383 g/mol. The second-order valence-electron chi connectivity index (χ2n) is 6.90. The third-order valence-corrected chi connectivity index (χ3v) is 6.44. The molecule has 1 fully saturated rings. The maximum absolute atomic E-state index is 12.4. The second kappa shape index (κ2) is 8.83. The molecule has 1 heterocycles. The Bertz CT molecular complexity index is 734. The van der Waals surface area contributed by atoms with Crippen LogP contribution in [-0.2, 0) is 15.0 Å². The third kappa shape index (κ3) is 5.18. The van der Waals surface area contributed by atoms with E-state index in [4.69, 9.17) is 4.74 Å². The van der Waals surface area contributed by atoms with E-state index in [1.807, 2.05) is 26.0 Å². The van der Waals surface area contributed by atoms with Gasteiger partial charge in [-0.05, 0) is 38.3 Å². The molecule has 0 saturated carbocycles. The van der Waals surface area contributed by atoms with Gasteiger partial charge in [-0.1, -0.05) is 17.7 Å². The number of carbonyl (C=O) groups excluding carboxylic acids is 1. The highest BCUT2D eigenvalue weighted by Gasteiger charge is 2.33. The first-order valence-electron chi connectivity index (χ1n) is 8.87. The smallest absolute Gasteiger partial charge is 0.281 e. The number of hydrogen-bond donors (Lipinski definition) is 1. The van der Waals surface area contributed by atoms with Crippen molar-refractivity contribution in [2.24, 2.45) is 5.92 Å². The molecule has 26 heavy (non-hydrogen) atoms. The summed E-state index contributed by atoms with van der Waals surface area (Å²) in [6, 6.07) is 5.97. The van der Waals surface area contributed by atoms with Gasteiger partial charge in [0.15, 0.2) is 0 Å². The second-order valence-corrected chi connectivity index (χ2v) is 9.04. The first-order chi connectivity index (χ1) is 12.2. The number of nitrogens with zero attached hydrogens (tertiary/aromatic N) is 2. The van der Waals surface area contributed by atoms with E-state index in [2.05, 4.69) is 11.4 Å². The standard InChI is InChI=1S/C18H29N3O4S/c1-14-7-8-17(15(2)12-14)25-11-9-19-18(22)16-6-5-10-21(13-16)26(23,24)20(3)4/h7-8,12,16H,5-6,9-11,13H2,1-4H3,(H,19,22)/t16-/m1/s1. The zero-order valence-corrected chi connectivity index (χ0v) is 16.8. The molecule has 1 atom stereocenters. The molecule has 2 rings (SSSR count). The van der Waals surface area contributed by atoms with E-state index >= 15 is 0 Å². The van der Waals surface area contributed by atoms with Crippen LogP contribution in [0.1, 0.15) is 24.0 Å². The zero-order valence-electron chi connectivity index (χ0n) is 16.0. The van der Waals surface area contributed by atoms with E-state index in [0.717, 1.165) is 11.3 Å². The van der Waals surface area contributed by atoms with Crippen molar-refractivity contribution < 1.29 is 17.9 Å². The van der Waals surface area contributed by atoms with Gasteiger partial charge in [0.2, 0.25) is 5.91 Å². The van der Waals surface area contributed by atoms with E-state index in [1.54, 1.807) is 0 Å². The summed E-state index contributed by atoms with van der Waals surface area (Å²) in [4.78, 5) is 12.4. The van der Waals surface area contributed by atoms with Gasteiger partial charge in [-0.3, -0.25) is 4.79 Å². The molecule has 0 unspecified atom stereocenters. The maximum Gasteiger partial charge on any atom is 0.281 e. The molecule has 1 saturated heterocycles. The fraction of sp³-hybridized carbons (Fsp3) is 0.611. The Hall–Kier alpha value is -1.64. The van der Waals surface area contributed by atoms with Crippen LogP contribution in [-0.4, -0.2) is 63.3 Å². The molecule has 1 N–H and O–H groups in total. The van der Waals surface area contributed by atoms with Crippen LogP contribution in [0.15, 0.2) is 18.2 Å². The average molecular weight is 384 g/mol. The number of hydrogen-bond acceptors (Lipinski definition) is 4. The summed E-state index contributed by atoms with van der Waals surface area (Å²) in [6.07, 6.45) is 1.38. The third-order valence-electron chi connectivity index (χ3n) is 4.53. The minimum Gasteiger partial charge on any atom is -0.491 e. The van der Waals surface area contributed by atoms with E-state index < -0.39 is 10.2 Å². The van der Waals surface area contributed by atoms with Crippen LogP contribution in [0.5, 0.6) is 5.75 Å². The number of ether oxygens (including phenoxy) is 1. The first-order valence-corrected chi connectivity index (χ1v) is 10.3. The van der Waals surface area contributed by atoms with Crippen LogP contribution in [0.2, 0.25) is 0 Å². The number of benzene rings is 1. The minimum atomic E-state index is -3.47. The normalized spacial score (nSPS) is 18.7. The van der Waals surface area contributed by atoms with Crippen LogP contribution in [0.3, 0.4) is 0 Å². The molecule has 0 aliphatic carbocycles. The Morgan fingerprint density at radius 1 is 1.35 bits per heavy atom. The highest BCUT2D eigenvalue weighted by atomic mass is 32.2. The van der Waals surface area contributed by atoms with Crippen molar-refractivity contribution in [2.75, 3.05) is 40.3 Å². The Labute approximate surface area is 156 Å². The van der Waals surface area contributed by atoms with Crippen molar-refractivity contribution in [3.05, 3.63) is 29.3 Å². The SMILES string of the molecule is Cc1ccc(OCCNC(=O)[C@@H]2CCCN(S(=O)(=O)N(C)C)C2)c(C)c1. The molecule has 1 aliphatic rings. The van der Waals surface area contributed by atoms with Gasteiger partial charge in [0.25, 0.3) is 10.2 Å². The van der Waals surface area contributed by atoms with Crippen LogP contribution in [0.25, 0.3) is 0 Å². The molecule has 0 aromatic heterocycles. The summed E-state index contributed by atoms with van der Waals surface area (Å²) in [6.45, 7) is 5.47. The fourth-order valence-electron chi connectivity index (χ4n) is 3.04. The largest absolute Gasteiger partial charge is 0.491 e. The van der Waals surface area contributed by atoms with Crippen molar-refractivity contribution >= 4 is 16.1 Å². The summed E-state index contributed by atoms with van der Waals surface area (Å²) >= 11 is 0. The zero-order chi connectivity index (χ0) is 19.3. The minimum absolute atomic E-state index is 0.118. The quantitative estimate of drug-likeness (QED) is 0.720. The summed E-state index contributed by atoms with van der Waals surface area (Å²) in [7, 11) is -0.467. The molecule has 0 spiro atoms. The summed E-state index contributed by atoms with van der Waals surface area (Å²) in [5, 5.41) is 2.86. The number of carbonyl (C=O) groups is 1. The number of aryl methyl sites for hydroxylation is 2. The molecule has 0 radical (unpaired) electrons. The Kier molecular flexibility index (Phi) is 7.02. The first kappa shape index (κ1) is 20.7. The summed E-state index contributed by atoms with van der Waals surface area (Å²) in [5.74, 6) is 0.373. The molecule has 1 aromatic carbocycles. The average Bonchev–Trinajstić information content (AvgIpc) is 2.60. The molecule has 1 aliphatic heterocycles. The predicted molar refractivity (Wildman–Crippen MR) is 101 cm³/mol. The molecule has 7 nitrogen and oxygen atoms in total. The Balaban J connectivity index is 1.80. The summed E-state index contributed by atoms with van der Waals surface area (Å²) < 4.78 is 32.7. The van der Waals surface area contributed by atoms with Gasteiger partial charge in [0.05, 0.1) is 12.5 Å². The lowest BCUT2D eigenvalue weighted by molar-refractivity contribution is -0.126. The van der Waals surface area contributed by atoms with E-state index in [9.17, 15) is 13.2 Å². The van der Waals surface area contributed by atoms with Crippen molar-refractivity contribution in [2.45, 2.75) is 26.7 Å². The number of nitrogens with one attached hydrogen (secondary N) is 1. The molecule has 0 bridgehead atoms. The van der Waals surface area contributed by atoms with Crippen LogP contribution in [0.4, 0.5) is 0 Å². The van der Waals surface area contributed by atoms with Crippen molar-refractivity contribution in [1.82, 2.24) is 13.9 Å². The lowest BCUT2D eigenvalue weighted by Crippen LogP contribution is -2.49. The van der Waals surface area contributed by atoms with Crippen LogP contribution in [0, 0.1) is 19.8 Å². The number of amides is 1. The van der Waals surface area contributed by atoms with E-state index in [-0.39, 0.29) is 18.4 Å². The fourth-order valence-corrected chi connectivity index (χ4v) is 4.23. The van der Waals surface area contributed by atoms with Crippen molar-refractivity contribution in [3.63, 3.8) is 0 Å². The lowest BCUT2D eigenvalue weighted by Gasteiger charge is -2.32. The highest BCUT2D eigenvalue weighted by Crippen LogP contribution is 2.21. The molecule has 1 amide bonds. The summed E-state index contributed by atoms with van der Waals surface area (Å²) in [5.41, 5.74) is 2.24. The Morgan fingerprint density at radius 2 is 2.08 bits per heavy atom. The predicted octanol–water partition coefficient (Wildman–Crippen LogP) is 1.32. The molecule has 8 heteroatoms. The number of piperidine rings is 1. The van der Waals surface area contributed by atoms with Gasteiger partial charge in [0.1, 0.15) is 12.4 Å². The van der Waals surface area contributed by atoms with Gasteiger partial charge in [0, 0.05) is 27.2 Å². The van der Waals surface area contributed by atoms with Gasteiger partial charge in [-0.2, -0.15) is 17.0 Å². The van der Waals surface area contributed by atoms with Gasteiger partial charge >= 0.3 is 0 Å². The maximum atomic E-state index is 12.4. The van der Waals surface area contributed by atoms with Crippen molar-refractivity contribution in [3.8, 4) is 5.75 Å². The van der Waals surface area contributed by atoms with E-state index in [0.29, 0.717) is 32.5 Å². The lowest BCUT2D eigenvalue weighted by atomic mass is 9.99. The van der Waals surface area contributed by atoms with E-state index in [1.165, 1.54) is 28.3 Å². The van der Waals surface area contributed by atoms with Crippen LogP contribution < -0.4 is 10.1 Å². The Morgan fingerprint density at radius 3 is 2.73 bits per heavy atom. The topological polar surface area (TPSA) is 79.0 Å². The van der Waals surface area contributed by atoms with Gasteiger partial charge in [-0.15, -0.1) is 0 Å². The van der Waals surface area contributed by atoms with Crippen molar-refractivity contribution in [1.29, 1.82) is 0 Å². The molecular weight excluding hydrogens is 354 g/mol. The molecule has 146 valence electrons. The van der Waals surface area contributed by atoms with Gasteiger partial charge < -0.3 is 10.1 Å². The number of rotatable bonds is 7. The molecular formula is C18H29N3O4S. The van der Waals surface area contributed by atoms with Gasteiger partial charge in [-0.25, -0.2) is 0 Å². The van der Waals surface area contributed by atoms with Crippen LogP contribution >= 0.6 is 0 Å². The highest BCUT2D eigenvalue weighted by molar-refractivity contribution is 7.86. The molecule has 1 aromatic rings.